The predicted octanol–water partition coefficient (Wildman–Crippen LogP) is 2.14. The Morgan fingerprint density at radius 2 is 1.94 bits per heavy atom. The van der Waals surface area contributed by atoms with Crippen LogP contribution in [-0.2, 0) is 16.1 Å². The topological polar surface area (TPSA) is 46.5 Å². The number of aliphatic hydroxyl groups excluding tert-OH is 1. The first-order chi connectivity index (χ1) is 7.59. The first-order valence-electron chi connectivity index (χ1n) is 5.48. The van der Waals surface area contributed by atoms with Crippen LogP contribution in [0.1, 0.15) is 25.8 Å². The number of carbonyl (C=O) groups is 1. The average molecular weight is 222 g/mol. The van der Waals surface area contributed by atoms with Crippen molar-refractivity contribution >= 4 is 5.97 Å². The molecule has 1 aromatic rings. The largest absolute Gasteiger partial charge is 0.459 e. The summed E-state index contributed by atoms with van der Waals surface area (Å²) in [5.74, 6) is -0.267. The maximum Gasteiger partial charge on any atom is 0.335 e. The zero-order chi connectivity index (χ0) is 12.0. The Bertz CT molecular complexity index is 319. The van der Waals surface area contributed by atoms with Crippen molar-refractivity contribution in [3.05, 3.63) is 35.9 Å². The molecule has 0 spiro atoms. The van der Waals surface area contributed by atoms with Crippen molar-refractivity contribution in [2.45, 2.75) is 33.0 Å². The van der Waals surface area contributed by atoms with E-state index in [4.69, 9.17) is 4.74 Å². The number of aliphatic hydroxyl groups is 1. The van der Waals surface area contributed by atoms with Gasteiger partial charge in [0, 0.05) is 0 Å². The Labute approximate surface area is 96.1 Å². The van der Waals surface area contributed by atoms with Gasteiger partial charge in [-0.1, -0.05) is 44.2 Å². The van der Waals surface area contributed by atoms with Crippen LogP contribution in [0.15, 0.2) is 30.3 Å². The second-order valence-electron chi connectivity index (χ2n) is 4.24. The zero-order valence-electron chi connectivity index (χ0n) is 9.72. The molecule has 0 aromatic heterocycles. The van der Waals surface area contributed by atoms with Gasteiger partial charge in [0.2, 0.25) is 0 Å². The summed E-state index contributed by atoms with van der Waals surface area (Å²) in [4.78, 5) is 11.4. The average Bonchev–Trinajstić information content (AvgIpc) is 2.26. The molecule has 0 aliphatic carbocycles. The molecule has 0 saturated carbocycles. The van der Waals surface area contributed by atoms with Gasteiger partial charge in [-0.05, 0) is 17.9 Å². The third-order valence-electron chi connectivity index (χ3n) is 2.19. The Kier molecular flexibility index (Phi) is 4.99. The highest BCUT2D eigenvalue weighted by molar-refractivity contribution is 5.74. The molecule has 16 heavy (non-hydrogen) atoms. The molecule has 1 atom stereocenters. The normalized spacial score (nSPS) is 12.5. The van der Waals surface area contributed by atoms with E-state index in [0.29, 0.717) is 6.42 Å². The smallest absolute Gasteiger partial charge is 0.335 e. The van der Waals surface area contributed by atoms with Crippen molar-refractivity contribution in [2.24, 2.45) is 5.92 Å². The van der Waals surface area contributed by atoms with Gasteiger partial charge in [0.1, 0.15) is 6.61 Å². The standard InChI is InChI=1S/C13H18O3/c1-10(2)8-12(14)13(15)16-9-11-6-4-3-5-7-11/h3-7,10,12,14H,8-9H2,1-2H3. The van der Waals surface area contributed by atoms with Gasteiger partial charge in [-0.25, -0.2) is 4.79 Å². The Morgan fingerprint density at radius 3 is 2.50 bits per heavy atom. The molecule has 3 nitrogen and oxygen atoms in total. The summed E-state index contributed by atoms with van der Waals surface area (Å²) in [5.41, 5.74) is 0.924. The monoisotopic (exact) mass is 222 g/mol. The third-order valence-corrected chi connectivity index (χ3v) is 2.19. The Morgan fingerprint density at radius 1 is 1.31 bits per heavy atom. The van der Waals surface area contributed by atoms with Gasteiger partial charge in [0.15, 0.2) is 6.10 Å². The molecule has 1 N–H and O–H groups in total. The highest BCUT2D eigenvalue weighted by atomic mass is 16.5. The number of rotatable bonds is 5. The molecule has 1 aromatic carbocycles. The molecule has 0 fully saturated rings. The van der Waals surface area contributed by atoms with Gasteiger partial charge < -0.3 is 9.84 Å². The second kappa shape index (κ2) is 6.28. The lowest BCUT2D eigenvalue weighted by Gasteiger charge is -2.12. The van der Waals surface area contributed by atoms with Crippen molar-refractivity contribution in [3.63, 3.8) is 0 Å². The van der Waals surface area contributed by atoms with E-state index in [2.05, 4.69) is 0 Å². The summed E-state index contributed by atoms with van der Waals surface area (Å²) >= 11 is 0. The summed E-state index contributed by atoms with van der Waals surface area (Å²) in [6.45, 7) is 4.12. The van der Waals surface area contributed by atoms with Crippen LogP contribution in [0.2, 0.25) is 0 Å². The van der Waals surface area contributed by atoms with Crippen LogP contribution in [-0.4, -0.2) is 17.2 Å². The lowest BCUT2D eigenvalue weighted by Crippen LogP contribution is -2.24. The van der Waals surface area contributed by atoms with Crippen LogP contribution >= 0.6 is 0 Å². The van der Waals surface area contributed by atoms with Crippen molar-refractivity contribution in [2.75, 3.05) is 0 Å². The van der Waals surface area contributed by atoms with Crippen LogP contribution in [0, 0.1) is 5.92 Å². The predicted molar refractivity (Wildman–Crippen MR) is 61.7 cm³/mol. The third kappa shape index (κ3) is 4.45. The van der Waals surface area contributed by atoms with E-state index in [0.717, 1.165) is 5.56 Å². The summed E-state index contributed by atoms with van der Waals surface area (Å²) < 4.78 is 5.00. The van der Waals surface area contributed by atoms with E-state index in [-0.39, 0.29) is 12.5 Å². The van der Waals surface area contributed by atoms with Gasteiger partial charge in [0.25, 0.3) is 0 Å². The zero-order valence-corrected chi connectivity index (χ0v) is 9.72. The van der Waals surface area contributed by atoms with E-state index >= 15 is 0 Å². The number of hydrogen-bond donors (Lipinski definition) is 1. The van der Waals surface area contributed by atoms with Crippen molar-refractivity contribution in [1.29, 1.82) is 0 Å². The maximum atomic E-state index is 11.4. The molecule has 1 unspecified atom stereocenters. The molecule has 0 amide bonds. The summed E-state index contributed by atoms with van der Waals surface area (Å²) in [6, 6.07) is 9.42. The number of ether oxygens (including phenoxy) is 1. The Hall–Kier alpha value is -1.35. The van der Waals surface area contributed by atoms with E-state index in [1.807, 2.05) is 44.2 Å². The summed E-state index contributed by atoms with van der Waals surface area (Å²) in [6.07, 6.45) is -0.572. The SMILES string of the molecule is CC(C)CC(O)C(=O)OCc1ccccc1. The molecule has 0 heterocycles. The molecule has 0 saturated heterocycles. The minimum Gasteiger partial charge on any atom is -0.459 e. The van der Waals surface area contributed by atoms with E-state index < -0.39 is 12.1 Å². The van der Waals surface area contributed by atoms with Crippen LogP contribution < -0.4 is 0 Å². The highest BCUT2D eigenvalue weighted by Crippen LogP contribution is 2.07. The lowest BCUT2D eigenvalue weighted by atomic mass is 10.1. The summed E-state index contributed by atoms with van der Waals surface area (Å²) in [5, 5.41) is 9.49. The number of esters is 1. The fourth-order valence-corrected chi connectivity index (χ4v) is 1.37. The molecule has 0 radical (unpaired) electrons. The Balaban J connectivity index is 2.35. The second-order valence-corrected chi connectivity index (χ2v) is 4.24. The van der Waals surface area contributed by atoms with Gasteiger partial charge in [0.05, 0.1) is 0 Å². The summed E-state index contributed by atoms with van der Waals surface area (Å²) in [7, 11) is 0. The number of carbonyl (C=O) groups excluding carboxylic acids is 1. The molecule has 1 rings (SSSR count). The van der Waals surface area contributed by atoms with Crippen LogP contribution in [0.3, 0.4) is 0 Å². The number of benzene rings is 1. The van der Waals surface area contributed by atoms with Gasteiger partial charge in [-0.2, -0.15) is 0 Å². The van der Waals surface area contributed by atoms with Crippen LogP contribution in [0.25, 0.3) is 0 Å². The van der Waals surface area contributed by atoms with Crippen molar-refractivity contribution in [3.8, 4) is 0 Å². The molecular formula is C13H18O3. The molecule has 3 heteroatoms. The van der Waals surface area contributed by atoms with Crippen molar-refractivity contribution < 1.29 is 14.6 Å². The first-order valence-corrected chi connectivity index (χ1v) is 5.48. The maximum absolute atomic E-state index is 11.4. The molecular weight excluding hydrogens is 204 g/mol. The number of hydrogen-bond acceptors (Lipinski definition) is 3. The molecule has 88 valence electrons. The van der Waals surface area contributed by atoms with E-state index in [1.165, 1.54) is 0 Å². The molecule has 0 aliphatic rings. The van der Waals surface area contributed by atoms with E-state index in [1.54, 1.807) is 0 Å². The lowest BCUT2D eigenvalue weighted by molar-refractivity contribution is -0.155. The minimum atomic E-state index is -1.01. The molecule has 0 aliphatic heterocycles. The van der Waals surface area contributed by atoms with Gasteiger partial charge in [-0.15, -0.1) is 0 Å². The first kappa shape index (κ1) is 12.7. The van der Waals surface area contributed by atoms with Gasteiger partial charge >= 0.3 is 5.97 Å². The van der Waals surface area contributed by atoms with Crippen LogP contribution in [0.5, 0.6) is 0 Å². The van der Waals surface area contributed by atoms with E-state index in [9.17, 15) is 9.90 Å². The van der Waals surface area contributed by atoms with Gasteiger partial charge in [-0.3, -0.25) is 0 Å². The highest BCUT2D eigenvalue weighted by Gasteiger charge is 2.17. The minimum absolute atomic E-state index is 0.217. The quantitative estimate of drug-likeness (QED) is 0.776. The molecule has 0 bridgehead atoms. The fraction of sp³-hybridized carbons (Fsp3) is 0.462. The fourth-order valence-electron chi connectivity index (χ4n) is 1.37. The van der Waals surface area contributed by atoms with Crippen molar-refractivity contribution in [1.82, 2.24) is 0 Å². The van der Waals surface area contributed by atoms with Crippen LogP contribution in [0.4, 0.5) is 0 Å².